The van der Waals surface area contributed by atoms with Gasteiger partial charge in [-0.1, -0.05) is 62.4 Å². The first-order valence-corrected chi connectivity index (χ1v) is 16.1. The summed E-state index contributed by atoms with van der Waals surface area (Å²) in [5.74, 6) is -0.359. The van der Waals surface area contributed by atoms with Crippen LogP contribution in [0, 0.1) is 11.3 Å². The van der Waals surface area contributed by atoms with E-state index in [-0.39, 0.29) is 17.3 Å². The Hall–Kier alpha value is -2.82. The first kappa shape index (κ1) is 30.1. The summed E-state index contributed by atoms with van der Waals surface area (Å²) in [6.45, 7) is 8.92. The number of carbonyl (C=O) groups is 2. The molecule has 216 valence electrons. The molecule has 2 aromatic carbocycles. The summed E-state index contributed by atoms with van der Waals surface area (Å²) in [6, 6.07) is 10.9. The fourth-order valence-electron chi connectivity index (χ4n) is 5.09. The van der Waals surface area contributed by atoms with Crippen LogP contribution >= 0.6 is 11.3 Å². The highest BCUT2D eigenvalue weighted by Crippen LogP contribution is 2.40. The molecule has 10 heteroatoms. The largest absolute Gasteiger partial charge is 0.369 e. The van der Waals surface area contributed by atoms with Crippen LogP contribution in [-0.2, 0) is 21.2 Å². The Morgan fingerprint density at radius 3 is 2.27 bits per heavy atom. The third-order valence-corrected chi connectivity index (χ3v) is 10.3. The van der Waals surface area contributed by atoms with Crippen LogP contribution in [0.1, 0.15) is 82.2 Å². The van der Waals surface area contributed by atoms with Crippen molar-refractivity contribution < 1.29 is 18.0 Å². The van der Waals surface area contributed by atoms with Gasteiger partial charge in [0.1, 0.15) is 0 Å². The van der Waals surface area contributed by atoms with Gasteiger partial charge < -0.3 is 11.1 Å². The summed E-state index contributed by atoms with van der Waals surface area (Å²) in [4.78, 5) is 30.8. The Labute approximate surface area is 241 Å². The van der Waals surface area contributed by atoms with Crippen LogP contribution in [0.25, 0.3) is 21.2 Å². The number of benzene rings is 2. The number of fused-ring (bicyclic) bond motifs is 1. The molecule has 0 radical (unpaired) electrons. The van der Waals surface area contributed by atoms with Crippen molar-refractivity contribution in [3.8, 4) is 10.4 Å². The Kier molecular flexibility index (Phi) is 8.73. The minimum Gasteiger partial charge on any atom is -0.369 e. The van der Waals surface area contributed by atoms with Gasteiger partial charge in [0, 0.05) is 23.0 Å². The van der Waals surface area contributed by atoms with E-state index in [0.717, 1.165) is 40.8 Å². The number of carbonyl (C=O) groups excluding carboxylic acids is 2. The molecule has 8 nitrogen and oxygen atoms in total. The molecule has 0 aliphatic heterocycles. The summed E-state index contributed by atoms with van der Waals surface area (Å²) in [5.41, 5.74) is 5.67. The van der Waals surface area contributed by atoms with E-state index < -0.39 is 26.9 Å². The van der Waals surface area contributed by atoms with Crippen molar-refractivity contribution in [3.05, 3.63) is 47.1 Å². The Bertz CT molecular complexity index is 1510. The smallest absolute Gasteiger partial charge is 0.280 e. The first-order chi connectivity index (χ1) is 18.7. The molecule has 1 aliphatic rings. The van der Waals surface area contributed by atoms with Gasteiger partial charge in [0.25, 0.3) is 5.91 Å². The van der Waals surface area contributed by atoms with Crippen molar-refractivity contribution in [2.24, 2.45) is 17.1 Å². The lowest BCUT2D eigenvalue weighted by atomic mass is 9.85. The standard InChI is InChI=1S/C30H40N4O4S2/c1-29(2,3)34-40(37,38)24-16-15-22(20-13-9-10-14-21(20)24)25-23(17-19-11-7-6-8-12-19)33-27(39-25)26(35)32-18-30(4,5)28(31)36/h9-10,13-16,19,34H,6-8,11-12,17-18H2,1-5H3,(H2,31,36)(H,32,35). The van der Waals surface area contributed by atoms with Crippen LogP contribution in [-0.4, -0.2) is 37.3 Å². The van der Waals surface area contributed by atoms with Crippen LogP contribution in [0.3, 0.4) is 0 Å². The van der Waals surface area contributed by atoms with Gasteiger partial charge in [-0.2, -0.15) is 0 Å². The molecule has 1 heterocycles. The molecule has 4 rings (SSSR count). The van der Waals surface area contributed by atoms with Gasteiger partial charge in [0.05, 0.1) is 20.9 Å². The lowest BCUT2D eigenvalue weighted by Gasteiger charge is -2.22. The topological polar surface area (TPSA) is 131 Å². The monoisotopic (exact) mass is 584 g/mol. The molecule has 0 spiro atoms. The molecule has 1 aliphatic carbocycles. The normalized spacial score (nSPS) is 15.3. The number of nitrogens with two attached hydrogens (primary N) is 1. The maximum Gasteiger partial charge on any atom is 0.280 e. The highest BCUT2D eigenvalue weighted by molar-refractivity contribution is 7.89. The number of aromatic nitrogens is 1. The van der Waals surface area contributed by atoms with Gasteiger partial charge >= 0.3 is 0 Å². The van der Waals surface area contributed by atoms with Crippen molar-refractivity contribution in [2.75, 3.05) is 6.54 Å². The zero-order chi connectivity index (χ0) is 29.3. The second-order valence-corrected chi connectivity index (χ2v) is 15.1. The van der Waals surface area contributed by atoms with E-state index in [0.29, 0.717) is 16.3 Å². The van der Waals surface area contributed by atoms with Crippen LogP contribution in [0.15, 0.2) is 41.3 Å². The number of sulfonamides is 1. The Balaban J connectivity index is 1.79. The third-order valence-electron chi connectivity index (χ3n) is 7.32. The van der Waals surface area contributed by atoms with E-state index in [4.69, 9.17) is 10.7 Å². The minimum atomic E-state index is -3.78. The quantitative estimate of drug-likeness (QED) is 0.310. The average Bonchev–Trinajstić information content (AvgIpc) is 3.29. The van der Waals surface area contributed by atoms with Crippen molar-refractivity contribution >= 4 is 43.9 Å². The second-order valence-electron chi connectivity index (χ2n) is 12.4. The number of nitrogens with one attached hydrogen (secondary N) is 2. The van der Waals surface area contributed by atoms with E-state index in [1.54, 1.807) is 19.9 Å². The number of amides is 2. The lowest BCUT2D eigenvalue weighted by molar-refractivity contribution is -0.125. The molecule has 0 atom stereocenters. The predicted molar refractivity (Wildman–Crippen MR) is 161 cm³/mol. The molecule has 4 N–H and O–H groups in total. The van der Waals surface area contributed by atoms with Crippen molar-refractivity contribution in [1.82, 2.24) is 15.0 Å². The summed E-state index contributed by atoms with van der Waals surface area (Å²) in [6.07, 6.45) is 6.63. The predicted octanol–water partition coefficient (Wildman–Crippen LogP) is 5.40. The molecule has 3 aromatic rings. The third kappa shape index (κ3) is 6.90. The zero-order valence-electron chi connectivity index (χ0n) is 24.0. The number of rotatable bonds is 9. The maximum atomic E-state index is 13.3. The molecule has 0 unspecified atom stereocenters. The summed E-state index contributed by atoms with van der Waals surface area (Å²) < 4.78 is 29.4. The Morgan fingerprint density at radius 2 is 1.65 bits per heavy atom. The Morgan fingerprint density at radius 1 is 1.00 bits per heavy atom. The average molecular weight is 585 g/mol. The second kappa shape index (κ2) is 11.6. The van der Waals surface area contributed by atoms with Crippen LogP contribution < -0.4 is 15.8 Å². The van der Waals surface area contributed by atoms with E-state index in [9.17, 15) is 18.0 Å². The van der Waals surface area contributed by atoms with Crippen molar-refractivity contribution in [1.29, 1.82) is 0 Å². The lowest BCUT2D eigenvalue weighted by Crippen LogP contribution is -2.42. The van der Waals surface area contributed by atoms with E-state index >= 15 is 0 Å². The number of primary amides is 1. The van der Waals surface area contributed by atoms with Gasteiger partial charge in [0.2, 0.25) is 15.9 Å². The molecule has 1 aromatic heterocycles. The fraction of sp³-hybridized carbons (Fsp3) is 0.500. The van der Waals surface area contributed by atoms with Gasteiger partial charge in [-0.05, 0) is 58.4 Å². The maximum absolute atomic E-state index is 13.3. The molecular weight excluding hydrogens is 544 g/mol. The van der Waals surface area contributed by atoms with Crippen molar-refractivity contribution in [3.63, 3.8) is 0 Å². The van der Waals surface area contributed by atoms with Gasteiger partial charge in [-0.15, -0.1) is 11.3 Å². The molecular formula is C30H40N4O4S2. The zero-order valence-corrected chi connectivity index (χ0v) is 25.6. The number of nitrogens with zero attached hydrogens (tertiary/aromatic N) is 1. The summed E-state index contributed by atoms with van der Waals surface area (Å²) in [7, 11) is -3.78. The molecule has 0 saturated heterocycles. The van der Waals surface area contributed by atoms with Gasteiger partial charge in [-0.3, -0.25) is 9.59 Å². The highest BCUT2D eigenvalue weighted by atomic mass is 32.2. The number of hydrogen-bond acceptors (Lipinski definition) is 6. The fourth-order valence-corrected chi connectivity index (χ4v) is 7.77. The van der Waals surface area contributed by atoms with Gasteiger partial charge in [0.15, 0.2) is 5.01 Å². The first-order valence-electron chi connectivity index (χ1n) is 13.8. The summed E-state index contributed by atoms with van der Waals surface area (Å²) in [5, 5.41) is 4.54. The van der Waals surface area contributed by atoms with E-state index in [1.165, 1.54) is 30.6 Å². The van der Waals surface area contributed by atoms with E-state index in [2.05, 4.69) is 10.0 Å². The number of hydrogen-bond donors (Lipinski definition) is 3. The van der Waals surface area contributed by atoms with E-state index in [1.807, 2.05) is 51.1 Å². The van der Waals surface area contributed by atoms with Crippen LogP contribution in [0.4, 0.5) is 0 Å². The molecule has 2 amide bonds. The van der Waals surface area contributed by atoms with Gasteiger partial charge in [-0.25, -0.2) is 18.1 Å². The SMILES string of the molecule is CC(C)(C)NS(=O)(=O)c1ccc(-c2sc(C(=O)NCC(C)(C)C(N)=O)nc2CC2CCCCC2)c2ccccc12. The van der Waals surface area contributed by atoms with Crippen molar-refractivity contribution in [2.45, 2.75) is 83.6 Å². The summed E-state index contributed by atoms with van der Waals surface area (Å²) >= 11 is 1.30. The molecule has 0 bridgehead atoms. The number of thiazole rings is 1. The minimum absolute atomic E-state index is 0.101. The highest BCUT2D eigenvalue weighted by Gasteiger charge is 2.29. The molecule has 1 saturated carbocycles. The molecule has 40 heavy (non-hydrogen) atoms. The van der Waals surface area contributed by atoms with Crippen LogP contribution in [0.5, 0.6) is 0 Å². The van der Waals surface area contributed by atoms with Crippen LogP contribution in [0.2, 0.25) is 0 Å². The molecule has 1 fully saturated rings.